The van der Waals surface area contributed by atoms with Crippen molar-refractivity contribution in [2.24, 2.45) is 5.92 Å². The molecule has 0 saturated carbocycles. The summed E-state index contributed by atoms with van der Waals surface area (Å²) < 4.78 is 0. The number of alkyl halides is 1. The molecule has 82 valence electrons. The van der Waals surface area contributed by atoms with Crippen LogP contribution in [0.25, 0.3) is 0 Å². The van der Waals surface area contributed by atoms with E-state index in [-0.39, 0.29) is 0 Å². The molecule has 1 nitrogen and oxygen atoms in total. The van der Waals surface area contributed by atoms with Gasteiger partial charge in [0.25, 0.3) is 0 Å². The third kappa shape index (κ3) is 2.68. The first-order valence-corrected chi connectivity index (χ1v) is 6.79. The van der Waals surface area contributed by atoms with Crippen LogP contribution in [0.4, 0.5) is 0 Å². The zero-order chi connectivity index (χ0) is 10.8. The molecule has 1 aromatic rings. The van der Waals surface area contributed by atoms with Crippen LogP contribution in [-0.4, -0.2) is 23.3 Å². The van der Waals surface area contributed by atoms with E-state index in [1.54, 1.807) is 0 Å². The van der Waals surface area contributed by atoms with Gasteiger partial charge in [0.05, 0.1) is 10.0 Å². The van der Waals surface area contributed by atoms with E-state index in [0.717, 1.165) is 36.4 Å². The highest BCUT2D eigenvalue weighted by Gasteiger charge is 2.25. The van der Waals surface area contributed by atoms with E-state index in [0.29, 0.717) is 10.0 Å². The van der Waals surface area contributed by atoms with Crippen molar-refractivity contribution in [1.82, 2.24) is 4.90 Å². The third-order valence-corrected chi connectivity index (χ3v) is 4.45. The molecular weight excluding hydrogens is 297 g/mol. The summed E-state index contributed by atoms with van der Waals surface area (Å²) in [4.78, 5) is 2.38. The molecule has 1 aliphatic rings. The summed E-state index contributed by atoms with van der Waals surface area (Å²) in [5, 5.41) is 2.43. The zero-order valence-corrected chi connectivity index (χ0v) is 11.3. The molecule has 1 heterocycles. The second-order valence-electron chi connectivity index (χ2n) is 3.93. The Morgan fingerprint density at radius 2 is 2.07 bits per heavy atom. The number of nitrogens with zero attached hydrogens (tertiary/aromatic N) is 1. The average molecular weight is 309 g/mol. The fourth-order valence-electron chi connectivity index (χ4n) is 1.81. The van der Waals surface area contributed by atoms with Gasteiger partial charge in [-0.1, -0.05) is 51.3 Å². The summed E-state index contributed by atoms with van der Waals surface area (Å²) in [6.45, 7) is 3.20. The van der Waals surface area contributed by atoms with Crippen molar-refractivity contribution in [2.75, 3.05) is 18.4 Å². The molecule has 4 heteroatoms. The molecule has 15 heavy (non-hydrogen) atoms. The first-order valence-electron chi connectivity index (χ1n) is 4.92. The second kappa shape index (κ2) is 5.05. The van der Waals surface area contributed by atoms with Gasteiger partial charge in [0.2, 0.25) is 0 Å². The lowest BCUT2D eigenvalue weighted by Gasteiger charge is -2.38. The van der Waals surface area contributed by atoms with E-state index in [9.17, 15) is 0 Å². The molecule has 0 amide bonds. The maximum absolute atomic E-state index is 6.12. The maximum Gasteiger partial charge on any atom is 0.0637 e. The Morgan fingerprint density at radius 3 is 2.73 bits per heavy atom. The first-order chi connectivity index (χ1) is 7.20. The van der Waals surface area contributed by atoms with Crippen LogP contribution >= 0.6 is 39.1 Å². The predicted molar refractivity (Wildman–Crippen MR) is 69.0 cm³/mol. The molecule has 0 aliphatic carbocycles. The van der Waals surface area contributed by atoms with Crippen molar-refractivity contribution < 1.29 is 0 Å². The Bertz CT molecular complexity index is 350. The molecule has 1 aliphatic heterocycles. The molecule has 0 aromatic heterocycles. The first kappa shape index (κ1) is 11.7. The molecule has 1 saturated heterocycles. The van der Waals surface area contributed by atoms with Gasteiger partial charge in [0.15, 0.2) is 0 Å². The van der Waals surface area contributed by atoms with Crippen molar-refractivity contribution in [3.05, 3.63) is 33.8 Å². The molecule has 1 fully saturated rings. The Labute approximate surface area is 108 Å². The van der Waals surface area contributed by atoms with E-state index in [4.69, 9.17) is 23.2 Å². The van der Waals surface area contributed by atoms with Crippen LogP contribution in [0.2, 0.25) is 10.0 Å². The summed E-state index contributed by atoms with van der Waals surface area (Å²) >= 11 is 15.6. The van der Waals surface area contributed by atoms with Crippen molar-refractivity contribution >= 4 is 39.1 Å². The van der Waals surface area contributed by atoms with Crippen molar-refractivity contribution in [2.45, 2.75) is 6.54 Å². The van der Waals surface area contributed by atoms with Crippen molar-refractivity contribution in [1.29, 1.82) is 0 Å². The summed E-state index contributed by atoms with van der Waals surface area (Å²) in [6, 6.07) is 5.81. The number of hydrogen-bond donors (Lipinski definition) is 0. The number of hydrogen-bond acceptors (Lipinski definition) is 1. The van der Waals surface area contributed by atoms with Crippen LogP contribution in [0.1, 0.15) is 5.56 Å². The molecular formula is C11H12BrCl2N. The van der Waals surface area contributed by atoms with Gasteiger partial charge < -0.3 is 0 Å². The van der Waals surface area contributed by atoms with Gasteiger partial charge in [-0.25, -0.2) is 0 Å². The lowest BCUT2D eigenvalue weighted by atomic mass is 10.0. The van der Waals surface area contributed by atoms with Crippen molar-refractivity contribution in [3.8, 4) is 0 Å². The quantitative estimate of drug-likeness (QED) is 0.767. The van der Waals surface area contributed by atoms with Crippen LogP contribution < -0.4 is 0 Å². The molecule has 2 rings (SSSR count). The molecule has 0 spiro atoms. The zero-order valence-electron chi connectivity index (χ0n) is 8.22. The summed E-state index contributed by atoms with van der Waals surface area (Å²) in [5.41, 5.74) is 1.12. The van der Waals surface area contributed by atoms with E-state index >= 15 is 0 Å². The molecule has 0 radical (unpaired) electrons. The molecule has 0 unspecified atom stereocenters. The lowest BCUT2D eigenvalue weighted by Crippen LogP contribution is -2.46. The Hall–Kier alpha value is 0.240. The molecule has 0 atom stereocenters. The van der Waals surface area contributed by atoms with Gasteiger partial charge in [0.1, 0.15) is 0 Å². The second-order valence-corrected chi connectivity index (χ2v) is 5.36. The highest BCUT2D eigenvalue weighted by molar-refractivity contribution is 9.09. The molecule has 0 N–H and O–H groups in total. The number of rotatable bonds is 3. The predicted octanol–water partition coefficient (Wildman–Crippen LogP) is 3.82. The Balaban J connectivity index is 1.97. The Morgan fingerprint density at radius 1 is 1.33 bits per heavy atom. The minimum absolute atomic E-state index is 0.645. The largest absolute Gasteiger partial charge is 0.298 e. The van der Waals surface area contributed by atoms with Crippen LogP contribution in [0.5, 0.6) is 0 Å². The summed E-state index contributed by atoms with van der Waals surface area (Å²) in [6.07, 6.45) is 0. The topological polar surface area (TPSA) is 3.24 Å². The van der Waals surface area contributed by atoms with E-state index in [2.05, 4.69) is 20.8 Å². The lowest BCUT2D eigenvalue weighted by molar-refractivity contribution is 0.108. The number of halogens is 3. The van der Waals surface area contributed by atoms with Crippen molar-refractivity contribution in [3.63, 3.8) is 0 Å². The minimum atomic E-state index is 0.645. The fourth-order valence-corrected chi connectivity index (χ4v) is 2.60. The van der Waals surface area contributed by atoms with Crippen LogP contribution in [0, 0.1) is 5.92 Å². The average Bonchev–Trinajstić information content (AvgIpc) is 2.17. The Kier molecular flexibility index (Phi) is 3.94. The van der Waals surface area contributed by atoms with E-state index in [1.807, 2.05) is 18.2 Å². The fraction of sp³-hybridized carbons (Fsp3) is 0.455. The van der Waals surface area contributed by atoms with Crippen LogP contribution in [0.15, 0.2) is 18.2 Å². The molecule has 0 bridgehead atoms. The summed E-state index contributed by atoms with van der Waals surface area (Å²) in [7, 11) is 0. The number of likely N-dealkylation sites (tertiary alicyclic amines) is 1. The maximum atomic E-state index is 6.12. The minimum Gasteiger partial charge on any atom is -0.298 e. The van der Waals surface area contributed by atoms with Crippen LogP contribution in [-0.2, 0) is 6.54 Å². The smallest absolute Gasteiger partial charge is 0.0637 e. The number of benzene rings is 1. The third-order valence-electron chi connectivity index (χ3n) is 2.68. The van der Waals surface area contributed by atoms with Gasteiger partial charge in [-0.05, 0) is 17.5 Å². The molecule has 1 aromatic carbocycles. The highest BCUT2D eigenvalue weighted by atomic mass is 79.9. The highest BCUT2D eigenvalue weighted by Crippen LogP contribution is 2.28. The SMILES string of the molecule is Clc1cccc(CN2CC(CBr)C2)c1Cl. The van der Waals surface area contributed by atoms with E-state index < -0.39 is 0 Å². The monoisotopic (exact) mass is 307 g/mol. The van der Waals surface area contributed by atoms with Gasteiger partial charge >= 0.3 is 0 Å². The van der Waals surface area contributed by atoms with Gasteiger partial charge in [0, 0.05) is 25.0 Å². The normalized spacial score (nSPS) is 17.8. The summed E-state index contributed by atoms with van der Waals surface area (Å²) in [5.74, 6) is 0.794. The standard InChI is InChI=1S/C11H12BrCl2N/c12-4-8-5-15(6-8)7-9-2-1-3-10(13)11(9)14/h1-3,8H,4-7H2. The van der Waals surface area contributed by atoms with Gasteiger partial charge in [-0.3, -0.25) is 4.90 Å². The van der Waals surface area contributed by atoms with Crippen LogP contribution in [0.3, 0.4) is 0 Å². The van der Waals surface area contributed by atoms with E-state index in [1.165, 1.54) is 0 Å². The van der Waals surface area contributed by atoms with Gasteiger partial charge in [-0.15, -0.1) is 0 Å². The van der Waals surface area contributed by atoms with Gasteiger partial charge in [-0.2, -0.15) is 0 Å².